The molecule has 0 spiro atoms. The fourth-order valence-corrected chi connectivity index (χ4v) is 2.46. The topological polar surface area (TPSA) is 56.7 Å². The summed E-state index contributed by atoms with van der Waals surface area (Å²) in [7, 11) is 0. The number of fused-ring (bicyclic) bond motifs is 1. The first-order chi connectivity index (χ1) is 7.77. The molecule has 0 aliphatic carbocycles. The number of aryl methyl sites for hydroxylation is 1. The second-order valence-corrected chi connectivity index (χ2v) is 4.38. The lowest BCUT2D eigenvalue weighted by Gasteiger charge is -1.99. The number of rotatable bonds is 1. The maximum atomic E-state index is 5.87. The van der Waals surface area contributed by atoms with E-state index in [1.54, 1.807) is 0 Å². The Morgan fingerprint density at radius 3 is 2.75 bits per heavy atom. The first-order valence-electron chi connectivity index (χ1n) is 4.93. The molecule has 0 aliphatic heterocycles. The van der Waals surface area contributed by atoms with E-state index in [0.717, 1.165) is 27.4 Å². The van der Waals surface area contributed by atoms with E-state index in [2.05, 4.69) is 9.47 Å². The molecule has 80 valence electrons. The van der Waals surface area contributed by atoms with Gasteiger partial charge in [-0.15, -0.1) is 0 Å². The second-order valence-electron chi connectivity index (χ2n) is 3.58. The summed E-state index contributed by atoms with van der Waals surface area (Å²) >= 11 is 1.31. The number of hydrogen-bond donors (Lipinski definition) is 1. The number of nitrogens with two attached hydrogens (primary N) is 1. The number of nitrogens with zero attached hydrogens (tertiary/aromatic N) is 3. The van der Waals surface area contributed by atoms with Crippen molar-refractivity contribution >= 4 is 27.6 Å². The highest BCUT2D eigenvalue weighted by atomic mass is 32.1. The third-order valence-electron chi connectivity index (χ3n) is 2.51. The van der Waals surface area contributed by atoms with Gasteiger partial charge in [-0.2, -0.15) is 9.47 Å². The molecule has 0 fully saturated rings. The van der Waals surface area contributed by atoms with Crippen LogP contribution in [0.15, 0.2) is 30.3 Å². The summed E-state index contributed by atoms with van der Waals surface area (Å²) in [6.45, 7) is 1.95. The van der Waals surface area contributed by atoms with Gasteiger partial charge in [0.15, 0.2) is 5.65 Å². The molecule has 3 rings (SSSR count). The predicted molar refractivity (Wildman–Crippen MR) is 65.9 cm³/mol. The van der Waals surface area contributed by atoms with E-state index in [-0.39, 0.29) is 0 Å². The zero-order valence-electron chi connectivity index (χ0n) is 8.71. The van der Waals surface area contributed by atoms with Gasteiger partial charge in [-0.1, -0.05) is 18.2 Å². The molecule has 16 heavy (non-hydrogen) atoms. The van der Waals surface area contributed by atoms with Gasteiger partial charge in [0.05, 0.1) is 16.8 Å². The van der Waals surface area contributed by atoms with Crippen LogP contribution in [0.4, 0.5) is 5.00 Å². The molecule has 0 unspecified atom stereocenters. The summed E-state index contributed by atoms with van der Waals surface area (Å²) in [6.07, 6.45) is 0. The molecule has 0 atom stereocenters. The third kappa shape index (κ3) is 1.22. The zero-order chi connectivity index (χ0) is 11.1. The summed E-state index contributed by atoms with van der Waals surface area (Å²) in [4.78, 5) is 0. The summed E-state index contributed by atoms with van der Waals surface area (Å²) in [5, 5.41) is 6.16. The highest BCUT2D eigenvalue weighted by molar-refractivity contribution is 7.11. The third-order valence-corrected chi connectivity index (χ3v) is 3.18. The van der Waals surface area contributed by atoms with E-state index >= 15 is 0 Å². The number of para-hydroxylation sites is 1. The molecular formula is C11H10N4S. The second kappa shape index (κ2) is 3.31. The lowest BCUT2D eigenvalue weighted by Crippen LogP contribution is -1.96. The van der Waals surface area contributed by atoms with E-state index in [9.17, 15) is 0 Å². The molecule has 0 bridgehead atoms. The molecule has 2 heterocycles. The van der Waals surface area contributed by atoms with Gasteiger partial charge < -0.3 is 5.73 Å². The average molecular weight is 230 g/mol. The molecular weight excluding hydrogens is 220 g/mol. The van der Waals surface area contributed by atoms with Crippen LogP contribution < -0.4 is 5.73 Å². The Hall–Kier alpha value is -1.88. The number of anilines is 1. The molecule has 3 aromatic rings. The fraction of sp³-hybridized carbons (Fsp3) is 0.0909. The van der Waals surface area contributed by atoms with Gasteiger partial charge in [-0.25, -0.2) is 4.68 Å². The van der Waals surface area contributed by atoms with E-state index in [1.807, 2.05) is 41.9 Å². The SMILES string of the molecule is Cc1nn(-c2ccccc2)c2nsc(N)c12. The van der Waals surface area contributed by atoms with Gasteiger partial charge in [0.25, 0.3) is 0 Å². The number of benzene rings is 1. The standard InChI is InChI=1S/C11H10N4S/c1-7-9-10(12)16-14-11(9)15(13-7)8-5-3-2-4-6-8/h2-6H,12H2,1H3. The highest BCUT2D eigenvalue weighted by Gasteiger charge is 2.14. The van der Waals surface area contributed by atoms with Crippen molar-refractivity contribution < 1.29 is 0 Å². The van der Waals surface area contributed by atoms with Gasteiger partial charge in [0, 0.05) is 0 Å². The first kappa shape index (κ1) is 9.35. The molecule has 0 radical (unpaired) electrons. The summed E-state index contributed by atoms with van der Waals surface area (Å²) in [5.74, 6) is 0. The largest absolute Gasteiger partial charge is 0.389 e. The van der Waals surface area contributed by atoms with Crippen molar-refractivity contribution in [2.75, 3.05) is 5.73 Å². The summed E-state index contributed by atoms with van der Waals surface area (Å²) in [6, 6.07) is 9.94. The van der Waals surface area contributed by atoms with Gasteiger partial charge >= 0.3 is 0 Å². The van der Waals surface area contributed by atoms with Crippen LogP contribution in [-0.4, -0.2) is 14.2 Å². The Bertz CT molecular complexity index is 639. The Balaban J connectivity index is 2.33. The van der Waals surface area contributed by atoms with Crippen LogP contribution in [0.25, 0.3) is 16.7 Å². The maximum Gasteiger partial charge on any atom is 0.178 e. The molecule has 0 saturated heterocycles. The number of aromatic nitrogens is 3. The molecule has 0 aliphatic rings. The van der Waals surface area contributed by atoms with Crippen molar-refractivity contribution in [2.45, 2.75) is 6.92 Å². The minimum Gasteiger partial charge on any atom is -0.389 e. The van der Waals surface area contributed by atoms with Crippen LogP contribution in [0.5, 0.6) is 0 Å². The van der Waals surface area contributed by atoms with Crippen molar-refractivity contribution in [3.63, 3.8) is 0 Å². The van der Waals surface area contributed by atoms with Crippen molar-refractivity contribution in [2.24, 2.45) is 0 Å². The van der Waals surface area contributed by atoms with E-state index in [0.29, 0.717) is 0 Å². The predicted octanol–water partition coefficient (Wildman–Crippen LogP) is 2.37. The molecule has 2 N–H and O–H groups in total. The van der Waals surface area contributed by atoms with E-state index in [4.69, 9.17) is 5.73 Å². The quantitative estimate of drug-likeness (QED) is 0.698. The Labute approximate surface area is 96.5 Å². The van der Waals surface area contributed by atoms with Crippen LogP contribution >= 0.6 is 11.5 Å². The maximum absolute atomic E-state index is 5.87. The minimum absolute atomic E-state index is 0.731. The Kier molecular flexibility index (Phi) is 1.94. The van der Waals surface area contributed by atoms with E-state index in [1.165, 1.54) is 11.5 Å². The molecule has 0 saturated carbocycles. The molecule has 0 amide bonds. The van der Waals surface area contributed by atoms with Crippen molar-refractivity contribution in [3.8, 4) is 5.69 Å². The minimum atomic E-state index is 0.731. The number of hydrogen-bond acceptors (Lipinski definition) is 4. The molecule has 5 heteroatoms. The highest BCUT2D eigenvalue weighted by Crippen LogP contribution is 2.29. The van der Waals surface area contributed by atoms with Crippen LogP contribution in [0.2, 0.25) is 0 Å². The van der Waals surface area contributed by atoms with Gasteiger partial charge in [0.1, 0.15) is 5.00 Å². The van der Waals surface area contributed by atoms with Crippen molar-refractivity contribution in [1.82, 2.24) is 14.2 Å². The van der Waals surface area contributed by atoms with Gasteiger partial charge in [-0.05, 0) is 30.6 Å². The normalized spacial score (nSPS) is 11.1. The Morgan fingerprint density at radius 1 is 1.25 bits per heavy atom. The van der Waals surface area contributed by atoms with Crippen LogP contribution in [-0.2, 0) is 0 Å². The van der Waals surface area contributed by atoms with Gasteiger partial charge in [-0.3, -0.25) is 0 Å². The molecule has 4 nitrogen and oxygen atoms in total. The monoisotopic (exact) mass is 230 g/mol. The molecule has 1 aromatic carbocycles. The zero-order valence-corrected chi connectivity index (χ0v) is 9.53. The Morgan fingerprint density at radius 2 is 2.00 bits per heavy atom. The lowest BCUT2D eigenvalue weighted by molar-refractivity contribution is 0.881. The number of nitrogen functional groups attached to an aromatic ring is 1. The van der Waals surface area contributed by atoms with Gasteiger partial charge in [0.2, 0.25) is 0 Å². The first-order valence-corrected chi connectivity index (χ1v) is 5.70. The van der Waals surface area contributed by atoms with Crippen molar-refractivity contribution in [3.05, 3.63) is 36.0 Å². The fourth-order valence-electron chi connectivity index (χ4n) is 1.78. The van der Waals surface area contributed by atoms with E-state index < -0.39 is 0 Å². The lowest BCUT2D eigenvalue weighted by atomic mass is 10.3. The average Bonchev–Trinajstić information content (AvgIpc) is 2.83. The van der Waals surface area contributed by atoms with Crippen molar-refractivity contribution in [1.29, 1.82) is 0 Å². The summed E-state index contributed by atoms with van der Waals surface area (Å²) < 4.78 is 6.16. The van der Waals surface area contributed by atoms with Crippen LogP contribution in [0, 0.1) is 6.92 Å². The summed E-state index contributed by atoms with van der Waals surface area (Å²) in [5.41, 5.74) is 8.64. The smallest absolute Gasteiger partial charge is 0.178 e. The molecule has 2 aromatic heterocycles. The van der Waals surface area contributed by atoms with Crippen LogP contribution in [0.3, 0.4) is 0 Å². The van der Waals surface area contributed by atoms with Crippen LogP contribution in [0.1, 0.15) is 5.69 Å².